The number of alkyl halides is 5. The molecule has 1 heterocycles. The molecule has 0 saturated heterocycles. The number of aromatic nitrogens is 1. The predicted molar refractivity (Wildman–Crippen MR) is 52.3 cm³/mol. The summed E-state index contributed by atoms with van der Waals surface area (Å²) < 4.78 is 62.5. The first-order valence-electron chi connectivity index (χ1n) is 4.47. The number of carbonyl (C=O) groups is 1. The van der Waals surface area contributed by atoms with Gasteiger partial charge in [0.15, 0.2) is 5.69 Å². The molecule has 1 aromatic heterocycles. The van der Waals surface area contributed by atoms with Crippen molar-refractivity contribution >= 4 is 16.8 Å². The van der Waals surface area contributed by atoms with Gasteiger partial charge in [-0.2, -0.15) is 13.2 Å². The van der Waals surface area contributed by atoms with Crippen molar-refractivity contribution in [2.24, 2.45) is 5.73 Å². The Morgan fingerprint density at radius 1 is 1.44 bits per heavy atom. The summed E-state index contributed by atoms with van der Waals surface area (Å²) in [5, 5.41) is -1.20. The van der Waals surface area contributed by atoms with Crippen LogP contribution in [0.4, 0.5) is 22.0 Å². The van der Waals surface area contributed by atoms with E-state index in [1.165, 1.54) is 0 Å². The SMILES string of the molecule is NCc1nc(C(F)(F)F)c(C(F)F)cc1C(=O)Cl. The molecule has 0 spiro atoms. The second-order valence-electron chi connectivity index (χ2n) is 3.20. The van der Waals surface area contributed by atoms with Crippen molar-refractivity contribution < 1.29 is 26.7 Å². The van der Waals surface area contributed by atoms with E-state index in [-0.39, 0.29) is 0 Å². The van der Waals surface area contributed by atoms with E-state index in [9.17, 15) is 26.7 Å². The lowest BCUT2D eigenvalue weighted by atomic mass is 10.1. The fraction of sp³-hybridized carbons (Fsp3) is 0.333. The minimum atomic E-state index is -5.07. The third kappa shape index (κ3) is 2.94. The second-order valence-corrected chi connectivity index (χ2v) is 3.54. The van der Waals surface area contributed by atoms with Gasteiger partial charge >= 0.3 is 6.18 Å². The van der Waals surface area contributed by atoms with Crippen LogP contribution in [-0.2, 0) is 12.7 Å². The topological polar surface area (TPSA) is 56.0 Å². The summed E-state index contributed by atoms with van der Waals surface area (Å²) in [5.41, 5.74) is 0.902. The molecular weight excluding hydrogens is 283 g/mol. The number of hydrogen-bond donors (Lipinski definition) is 1. The fourth-order valence-corrected chi connectivity index (χ4v) is 1.45. The average Bonchev–Trinajstić information content (AvgIpc) is 2.25. The van der Waals surface area contributed by atoms with Crippen LogP contribution in [0.15, 0.2) is 6.07 Å². The number of hydrogen-bond acceptors (Lipinski definition) is 3. The zero-order chi connectivity index (χ0) is 14.1. The molecule has 0 radical (unpaired) electrons. The number of nitrogens with zero attached hydrogens (tertiary/aromatic N) is 1. The van der Waals surface area contributed by atoms with E-state index in [0.717, 1.165) is 0 Å². The molecular formula is C9H6ClF5N2O. The van der Waals surface area contributed by atoms with Crippen molar-refractivity contribution in [2.75, 3.05) is 0 Å². The van der Waals surface area contributed by atoms with E-state index < -0.39 is 46.9 Å². The van der Waals surface area contributed by atoms with Gasteiger partial charge in [0.05, 0.1) is 11.3 Å². The van der Waals surface area contributed by atoms with Crippen molar-refractivity contribution in [2.45, 2.75) is 19.1 Å². The molecule has 0 unspecified atom stereocenters. The van der Waals surface area contributed by atoms with Gasteiger partial charge < -0.3 is 5.73 Å². The van der Waals surface area contributed by atoms with Gasteiger partial charge in [0.1, 0.15) is 0 Å². The number of pyridine rings is 1. The Kier molecular flexibility index (Phi) is 4.23. The molecule has 0 atom stereocenters. The maximum Gasteiger partial charge on any atom is 0.433 e. The first-order chi connectivity index (χ1) is 8.18. The third-order valence-corrected chi connectivity index (χ3v) is 2.24. The number of nitrogens with two attached hydrogens (primary N) is 1. The molecule has 0 bridgehead atoms. The highest BCUT2D eigenvalue weighted by Crippen LogP contribution is 2.36. The lowest BCUT2D eigenvalue weighted by Gasteiger charge is -2.14. The van der Waals surface area contributed by atoms with Crippen LogP contribution in [0, 0.1) is 0 Å². The van der Waals surface area contributed by atoms with Crippen LogP contribution in [0.25, 0.3) is 0 Å². The quantitative estimate of drug-likeness (QED) is 0.687. The average molecular weight is 289 g/mol. The first-order valence-corrected chi connectivity index (χ1v) is 4.85. The molecule has 0 aliphatic rings. The van der Waals surface area contributed by atoms with Gasteiger partial charge in [-0.1, -0.05) is 0 Å². The van der Waals surface area contributed by atoms with Crippen LogP contribution >= 0.6 is 11.6 Å². The summed E-state index contributed by atoms with van der Waals surface area (Å²) in [6, 6.07) is 0.373. The van der Waals surface area contributed by atoms with Gasteiger partial charge in [0.2, 0.25) is 0 Å². The highest BCUT2D eigenvalue weighted by molar-refractivity contribution is 6.67. The van der Waals surface area contributed by atoms with Crippen molar-refractivity contribution in [1.29, 1.82) is 0 Å². The van der Waals surface area contributed by atoms with Gasteiger partial charge in [0.25, 0.3) is 11.7 Å². The van der Waals surface area contributed by atoms with Crippen LogP contribution in [-0.4, -0.2) is 10.2 Å². The van der Waals surface area contributed by atoms with Crippen molar-refractivity contribution in [3.05, 3.63) is 28.6 Å². The van der Waals surface area contributed by atoms with Crippen molar-refractivity contribution in [1.82, 2.24) is 4.98 Å². The monoisotopic (exact) mass is 288 g/mol. The number of rotatable bonds is 3. The summed E-state index contributed by atoms with van der Waals surface area (Å²) in [5.74, 6) is 0. The summed E-state index contributed by atoms with van der Waals surface area (Å²) in [6.07, 6.45) is -8.50. The zero-order valence-electron chi connectivity index (χ0n) is 8.56. The summed E-state index contributed by atoms with van der Waals surface area (Å²) in [6.45, 7) is -0.527. The maximum absolute atomic E-state index is 12.5. The molecule has 0 aromatic carbocycles. The van der Waals surface area contributed by atoms with E-state index in [4.69, 9.17) is 17.3 Å². The Labute approximate surface area is 103 Å². The molecule has 0 aliphatic heterocycles. The number of carbonyl (C=O) groups excluding carboxylic acids is 1. The molecule has 1 rings (SSSR count). The van der Waals surface area contributed by atoms with Crippen LogP contribution in [0.3, 0.4) is 0 Å². The summed E-state index contributed by atoms with van der Waals surface area (Å²) in [7, 11) is 0. The lowest BCUT2D eigenvalue weighted by Crippen LogP contribution is -2.18. The molecule has 18 heavy (non-hydrogen) atoms. The zero-order valence-corrected chi connectivity index (χ0v) is 9.32. The Hall–Kier alpha value is -1.28. The van der Waals surface area contributed by atoms with E-state index in [0.29, 0.717) is 6.07 Å². The van der Waals surface area contributed by atoms with Gasteiger partial charge in [-0.15, -0.1) is 0 Å². The largest absolute Gasteiger partial charge is 0.433 e. The normalized spacial score (nSPS) is 12.0. The molecule has 0 amide bonds. The molecule has 9 heteroatoms. The van der Waals surface area contributed by atoms with E-state index in [1.54, 1.807) is 0 Å². The highest BCUT2D eigenvalue weighted by Gasteiger charge is 2.38. The minimum Gasteiger partial charge on any atom is -0.325 e. The highest BCUT2D eigenvalue weighted by atomic mass is 35.5. The van der Waals surface area contributed by atoms with Crippen LogP contribution in [0.2, 0.25) is 0 Å². The molecule has 100 valence electrons. The van der Waals surface area contributed by atoms with Crippen LogP contribution in [0.1, 0.15) is 33.7 Å². The van der Waals surface area contributed by atoms with Gasteiger partial charge in [-0.3, -0.25) is 4.79 Å². The van der Waals surface area contributed by atoms with Gasteiger partial charge in [-0.05, 0) is 17.7 Å². The summed E-state index contributed by atoms with van der Waals surface area (Å²) >= 11 is 5.07. The van der Waals surface area contributed by atoms with Crippen molar-refractivity contribution in [3.63, 3.8) is 0 Å². The Morgan fingerprint density at radius 2 is 2.00 bits per heavy atom. The van der Waals surface area contributed by atoms with E-state index in [2.05, 4.69) is 4.98 Å². The molecule has 2 N–H and O–H groups in total. The Bertz CT molecular complexity index is 475. The second kappa shape index (κ2) is 5.15. The van der Waals surface area contributed by atoms with Crippen LogP contribution < -0.4 is 5.73 Å². The maximum atomic E-state index is 12.5. The molecule has 0 aliphatic carbocycles. The standard InChI is InChI=1S/C9H6ClF5N2O/c10-7(18)3-1-4(8(11)12)6(9(13,14)15)17-5(3)2-16/h1,8H,2,16H2. The molecule has 0 saturated carbocycles. The first kappa shape index (κ1) is 14.8. The summed E-state index contributed by atoms with van der Waals surface area (Å²) in [4.78, 5) is 13.9. The number of halogens is 6. The van der Waals surface area contributed by atoms with Crippen molar-refractivity contribution in [3.8, 4) is 0 Å². The third-order valence-electron chi connectivity index (χ3n) is 2.04. The van der Waals surface area contributed by atoms with E-state index in [1.807, 2.05) is 0 Å². The van der Waals surface area contributed by atoms with Crippen LogP contribution in [0.5, 0.6) is 0 Å². The van der Waals surface area contributed by atoms with Gasteiger partial charge in [-0.25, -0.2) is 13.8 Å². The predicted octanol–water partition coefficient (Wildman–Crippen LogP) is 2.88. The van der Waals surface area contributed by atoms with E-state index >= 15 is 0 Å². The molecule has 0 fully saturated rings. The smallest absolute Gasteiger partial charge is 0.325 e. The molecule has 3 nitrogen and oxygen atoms in total. The Balaban J connectivity index is 3.57. The lowest BCUT2D eigenvalue weighted by molar-refractivity contribution is -0.143. The van der Waals surface area contributed by atoms with Gasteiger partial charge in [0, 0.05) is 12.1 Å². The minimum absolute atomic E-state index is 0.373. The Morgan fingerprint density at radius 3 is 2.33 bits per heavy atom. The fourth-order valence-electron chi connectivity index (χ4n) is 1.29. The molecule has 1 aromatic rings.